The van der Waals surface area contributed by atoms with Crippen LogP contribution in [0.15, 0.2) is 54.6 Å². The second-order valence-corrected chi connectivity index (χ2v) is 7.06. The van der Waals surface area contributed by atoms with E-state index in [1.54, 1.807) is 0 Å². The minimum atomic E-state index is -0.103. The van der Waals surface area contributed by atoms with Crippen molar-refractivity contribution in [2.24, 2.45) is 0 Å². The third-order valence-corrected chi connectivity index (χ3v) is 5.29. The number of para-hydroxylation sites is 2. The Hall–Kier alpha value is -2.82. The van der Waals surface area contributed by atoms with E-state index in [1.807, 2.05) is 31.2 Å². The van der Waals surface area contributed by atoms with Crippen molar-refractivity contribution in [2.45, 2.75) is 31.7 Å². The molecular formula is C21H24N4O. The minimum Gasteiger partial charge on any atom is -0.337 e. The molecule has 134 valence electrons. The lowest BCUT2D eigenvalue weighted by atomic mass is 9.96. The summed E-state index contributed by atoms with van der Waals surface area (Å²) in [6, 6.07) is 18.4. The summed E-state index contributed by atoms with van der Waals surface area (Å²) >= 11 is 0. The molecule has 5 heteroatoms. The molecule has 1 aliphatic rings. The van der Waals surface area contributed by atoms with Crippen molar-refractivity contribution >= 4 is 17.1 Å². The first kappa shape index (κ1) is 16.6. The minimum absolute atomic E-state index is 0.103. The number of benzene rings is 2. The van der Waals surface area contributed by atoms with E-state index in [2.05, 4.69) is 50.5 Å². The largest absolute Gasteiger partial charge is 0.337 e. The molecule has 3 aromatic rings. The second kappa shape index (κ2) is 6.83. The Labute approximate surface area is 153 Å². The van der Waals surface area contributed by atoms with E-state index in [0.717, 1.165) is 29.7 Å². The number of hydrogen-bond acceptors (Lipinski definition) is 2. The highest BCUT2D eigenvalue weighted by Crippen LogP contribution is 2.47. The zero-order valence-electron chi connectivity index (χ0n) is 15.0. The van der Waals surface area contributed by atoms with Crippen LogP contribution in [-0.2, 0) is 12.0 Å². The summed E-state index contributed by atoms with van der Waals surface area (Å²) in [6.07, 6.45) is 2.27. The van der Waals surface area contributed by atoms with Crippen LogP contribution in [-0.4, -0.2) is 28.7 Å². The fraction of sp³-hybridized carbons (Fsp3) is 0.333. The number of rotatable bonds is 6. The monoisotopic (exact) mass is 348 g/mol. The number of urea groups is 1. The van der Waals surface area contributed by atoms with Gasteiger partial charge in [-0.05, 0) is 37.5 Å². The number of carbonyl (C=O) groups excluding carboxylic acids is 1. The first-order chi connectivity index (χ1) is 12.7. The Morgan fingerprint density at radius 1 is 1.08 bits per heavy atom. The molecule has 26 heavy (non-hydrogen) atoms. The van der Waals surface area contributed by atoms with E-state index >= 15 is 0 Å². The maximum atomic E-state index is 12.2. The molecule has 1 saturated carbocycles. The van der Waals surface area contributed by atoms with E-state index in [9.17, 15) is 4.79 Å². The molecule has 2 N–H and O–H groups in total. The van der Waals surface area contributed by atoms with Gasteiger partial charge in [-0.3, -0.25) is 0 Å². The topological polar surface area (TPSA) is 59.0 Å². The van der Waals surface area contributed by atoms with E-state index in [0.29, 0.717) is 19.6 Å². The lowest BCUT2D eigenvalue weighted by molar-refractivity contribution is 0.239. The molecule has 0 atom stereocenters. The molecule has 1 aromatic heterocycles. The number of fused-ring (bicyclic) bond motifs is 1. The average molecular weight is 348 g/mol. The zero-order valence-corrected chi connectivity index (χ0v) is 15.0. The number of carbonyl (C=O) groups is 1. The molecule has 0 spiro atoms. The highest BCUT2D eigenvalue weighted by molar-refractivity contribution is 5.76. The predicted molar refractivity (Wildman–Crippen MR) is 103 cm³/mol. The fourth-order valence-electron chi connectivity index (χ4n) is 3.58. The number of aryl methyl sites for hydroxylation is 1. The van der Waals surface area contributed by atoms with Crippen LogP contribution < -0.4 is 10.6 Å². The van der Waals surface area contributed by atoms with Crippen LogP contribution in [0.5, 0.6) is 0 Å². The lowest BCUT2D eigenvalue weighted by Crippen LogP contribution is -2.41. The van der Waals surface area contributed by atoms with Crippen molar-refractivity contribution in [3.63, 3.8) is 0 Å². The van der Waals surface area contributed by atoms with Crippen molar-refractivity contribution in [3.8, 4) is 0 Å². The van der Waals surface area contributed by atoms with Gasteiger partial charge in [-0.25, -0.2) is 9.78 Å². The van der Waals surface area contributed by atoms with E-state index in [-0.39, 0.29) is 11.4 Å². The molecule has 1 heterocycles. The Kier molecular flexibility index (Phi) is 4.37. The van der Waals surface area contributed by atoms with Gasteiger partial charge in [-0.2, -0.15) is 0 Å². The summed E-state index contributed by atoms with van der Waals surface area (Å²) in [4.78, 5) is 16.7. The standard InChI is InChI=1S/C21H24N4O/c1-16-24-18-9-5-6-10-19(18)25(16)14-13-22-20(26)23-15-21(11-12-21)17-7-3-2-4-8-17/h2-10H,11-15H2,1H3,(H2,22,23,26). The Morgan fingerprint density at radius 2 is 1.81 bits per heavy atom. The van der Waals surface area contributed by atoms with Crippen molar-refractivity contribution in [2.75, 3.05) is 13.1 Å². The molecule has 4 rings (SSSR count). The molecular weight excluding hydrogens is 324 g/mol. The molecule has 0 unspecified atom stereocenters. The summed E-state index contributed by atoms with van der Waals surface area (Å²) in [7, 11) is 0. The van der Waals surface area contributed by atoms with E-state index in [1.165, 1.54) is 5.56 Å². The SMILES string of the molecule is Cc1nc2ccccc2n1CCNC(=O)NCC1(c2ccccc2)CC1. The highest BCUT2D eigenvalue weighted by atomic mass is 16.2. The number of nitrogens with one attached hydrogen (secondary N) is 2. The van der Waals surface area contributed by atoms with Gasteiger partial charge in [0, 0.05) is 25.0 Å². The molecule has 0 aliphatic heterocycles. The average Bonchev–Trinajstić information content (AvgIpc) is 3.40. The quantitative estimate of drug-likeness (QED) is 0.717. The van der Waals surface area contributed by atoms with Crippen molar-refractivity contribution in [3.05, 3.63) is 66.0 Å². The summed E-state index contributed by atoms with van der Waals surface area (Å²) in [6.45, 7) is 3.97. The van der Waals surface area contributed by atoms with Gasteiger partial charge in [0.25, 0.3) is 0 Å². The number of imidazole rings is 1. The summed E-state index contributed by atoms with van der Waals surface area (Å²) in [5, 5.41) is 6.01. The molecule has 0 bridgehead atoms. The third-order valence-electron chi connectivity index (χ3n) is 5.29. The molecule has 5 nitrogen and oxygen atoms in total. The number of aromatic nitrogens is 2. The Balaban J connectivity index is 1.29. The van der Waals surface area contributed by atoms with Crippen molar-refractivity contribution in [1.82, 2.24) is 20.2 Å². The summed E-state index contributed by atoms with van der Waals surface area (Å²) in [5.41, 5.74) is 3.55. The van der Waals surface area contributed by atoms with Crippen LogP contribution >= 0.6 is 0 Å². The lowest BCUT2D eigenvalue weighted by Gasteiger charge is -2.17. The van der Waals surface area contributed by atoms with Crippen molar-refractivity contribution < 1.29 is 4.79 Å². The van der Waals surface area contributed by atoms with Gasteiger partial charge in [-0.15, -0.1) is 0 Å². The van der Waals surface area contributed by atoms with Gasteiger partial charge in [0.05, 0.1) is 11.0 Å². The Bertz CT molecular complexity index is 912. The summed E-state index contributed by atoms with van der Waals surface area (Å²) < 4.78 is 2.14. The van der Waals surface area contributed by atoms with Gasteiger partial charge in [-0.1, -0.05) is 42.5 Å². The van der Waals surface area contributed by atoms with Gasteiger partial charge in [0.1, 0.15) is 5.82 Å². The first-order valence-electron chi connectivity index (χ1n) is 9.17. The van der Waals surface area contributed by atoms with Gasteiger partial charge in [0.15, 0.2) is 0 Å². The van der Waals surface area contributed by atoms with Crippen molar-refractivity contribution in [1.29, 1.82) is 0 Å². The normalized spacial score (nSPS) is 15.0. The summed E-state index contributed by atoms with van der Waals surface area (Å²) in [5.74, 6) is 0.967. The molecule has 0 radical (unpaired) electrons. The first-order valence-corrected chi connectivity index (χ1v) is 9.17. The third kappa shape index (κ3) is 3.29. The van der Waals surface area contributed by atoms with Crippen LogP contribution in [0.2, 0.25) is 0 Å². The molecule has 2 amide bonds. The van der Waals surface area contributed by atoms with Crippen LogP contribution in [0, 0.1) is 6.92 Å². The highest BCUT2D eigenvalue weighted by Gasteiger charge is 2.44. The van der Waals surface area contributed by atoms with Crippen LogP contribution in [0.3, 0.4) is 0 Å². The van der Waals surface area contributed by atoms with Crippen LogP contribution in [0.4, 0.5) is 4.79 Å². The zero-order chi connectivity index (χ0) is 18.0. The number of amides is 2. The van der Waals surface area contributed by atoms with Gasteiger partial charge in [0.2, 0.25) is 0 Å². The van der Waals surface area contributed by atoms with Crippen LogP contribution in [0.1, 0.15) is 24.2 Å². The maximum absolute atomic E-state index is 12.2. The molecule has 2 aromatic carbocycles. The van der Waals surface area contributed by atoms with E-state index < -0.39 is 0 Å². The predicted octanol–water partition coefficient (Wildman–Crippen LogP) is 3.38. The number of nitrogens with zero attached hydrogens (tertiary/aromatic N) is 2. The van der Waals surface area contributed by atoms with E-state index in [4.69, 9.17) is 0 Å². The molecule has 0 saturated heterocycles. The maximum Gasteiger partial charge on any atom is 0.314 e. The number of hydrogen-bond donors (Lipinski definition) is 2. The fourth-order valence-corrected chi connectivity index (χ4v) is 3.58. The Morgan fingerprint density at radius 3 is 2.58 bits per heavy atom. The molecule has 1 fully saturated rings. The smallest absolute Gasteiger partial charge is 0.314 e. The van der Waals surface area contributed by atoms with Gasteiger partial charge < -0.3 is 15.2 Å². The molecule has 1 aliphatic carbocycles. The van der Waals surface area contributed by atoms with Crippen LogP contribution in [0.25, 0.3) is 11.0 Å². The second-order valence-electron chi connectivity index (χ2n) is 7.06. The van der Waals surface area contributed by atoms with Gasteiger partial charge >= 0.3 is 6.03 Å².